The summed E-state index contributed by atoms with van der Waals surface area (Å²) in [6, 6.07) is 45.8. The van der Waals surface area contributed by atoms with Crippen molar-refractivity contribution >= 4 is 93.4 Å². The summed E-state index contributed by atoms with van der Waals surface area (Å²) < 4.78 is 257. The van der Waals surface area contributed by atoms with Crippen LogP contribution in [0, 0.1) is 82.0 Å². The molecule has 10 aliphatic rings. The standard InChI is InChI=1S/2C25H27F2N5O2S.C18H18BrF2NO2S.C11H15NO2S.C8H7BrF2O3S.C7H10N4.ClH/c2*1-16-7-8-24(17-5-3-2-4-6-17)35(33,34)32(16)11-18-9-22(27)23(10-21(18)26)30-12-19-20(13-30)25(19)31-14-28-29-15-31;1-12-7-8-18(13-5-3-2-4-6-13)25(23,24)22(12)11-14-9-17(21)15(19)10-16(14)20;1-9-7-8-11(15(13,14)12-9)10-5-3-2-4-6-10;1-15(12,13)14-4-5-2-8(11)6(9)3-7(5)10;1-5-6(2-8-1)7(5)11-3-9-10-4-11;/h2*2-6,9-10,14-16,19-20,24-25H,7-8,11-13H2,1H3;2-6,9-10,12,18H,7-8,11H2,1H3;2-6,9,11-12H,7-8H2,1H3;2-3H,4H2,1H3;3-8H,1-2H2;1H/t16-,19-,20+,24?,25?;16-,19-,20+,24+,25?;12-,18?;9-,11?;;5-,6+,7?;/m0000.../s1. The maximum Gasteiger partial charge on any atom is 0.264 e. The van der Waals surface area contributed by atoms with Crippen LogP contribution < -0.4 is 32.2 Å². The molecule has 0 amide bonds. The van der Waals surface area contributed by atoms with E-state index in [-0.39, 0.29) is 104 Å². The van der Waals surface area contributed by atoms with Crippen molar-refractivity contribution in [3.8, 4) is 0 Å². The van der Waals surface area contributed by atoms with E-state index in [0.717, 1.165) is 77.1 Å². The Bertz CT molecular complexity index is 6420. The molecule has 8 aromatic carbocycles. The molecule has 6 unspecified atom stereocenters. The zero-order valence-corrected chi connectivity index (χ0v) is 83.2. The Labute approximate surface area is 815 Å². The van der Waals surface area contributed by atoms with Gasteiger partial charge in [0.2, 0.25) is 40.1 Å². The number of nitrogens with zero attached hydrogens (tertiary/aromatic N) is 14. The molecule has 7 aliphatic heterocycles. The van der Waals surface area contributed by atoms with Crippen molar-refractivity contribution in [2.24, 2.45) is 35.5 Å². The molecule has 21 rings (SSSR count). The maximum absolute atomic E-state index is 15.2. The second-order valence-electron chi connectivity index (χ2n) is 36.5. The third kappa shape index (κ3) is 23.1. The lowest BCUT2D eigenvalue weighted by Gasteiger charge is -2.37. The first-order chi connectivity index (χ1) is 64.8. The van der Waals surface area contributed by atoms with Gasteiger partial charge in [0.1, 0.15) is 106 Å². The Hall–Kier alpha value is -9.02. The van der Waals surface area contributed by atoms with Crippen LogP contribution in [0.5, 0.6) is 0 Å². The van der Waals surface area contributed by atoms with Gasteiger partial charge in [-0.25, -0.2) is 73.5 Å². The average Bonchev–Trinajstić information content (AvgIpc) is 1.56. The van der Waals surface area contributed by atoms with Crippen LogP contribution in [0.25, 0.3) is 0 Å². The molecular weight excluding hydrogens is 2040 g/mol. The van der Waals surface area contributed by atoms with Gasteiger partial charge in [0.25, 0.3) is 10.1 Å². The molecule has 0 radical (unpaired) electrons. The van der Waals surface area contributed by atoms with E-state index in [1.807, 2.05) is 125 Å². The summed E-state index contributed by atoms with van der Waals surface area (Å²) in [5.74, 6) is -1.59. The van der Waals surface area contributed by atoms with Gasteiger partial charge in [-0.15, -0.1) is 30.6 Å². The second kappa shape index (κ2) is 42.8. The topological polar surface area (TPSA) is 317 Å². The molecule has 10 heterocycles. The molecule has 137 heavy (non-hydrogen) atoms. The number of rotatable bonds is 18. The zero-order valence-electron chi connectivity index (χ0n) is 75.2. The fourth-order valence-electron chi connectivity index (χ4n) is 20.3. The number of hydrogen-bond acceptors (Lipinski definition) is 19. The van der Waals surface area contributed by atoms with Gasteiger partial charge in [0.05, 0.1) is 52.3 Å². The summed E-state index contributed by atoms with van der Waals surface area (Å²) in [6.07, 6.45) is 16.4. The minimum absolute atomic E-state index is 0. The van der Waals surface area contributed by atoms with Crippen molar-refractivity contribution < 1.29 is 99.1 Å². The van der Waals surface area contributed by atoms with E-state index in [1.165, 1.54) is 50.3 Å². The van der Waals surface area contributed by atoms with E-state index in [1.54, 1.807) is 80.8 Å². The van der Waals surface area contributed by atoms with Gasteiger partial charge in [-0.2, -0.15) is 21.3 Å². The maximum atomic E-state index is 15.2. The molecule has 734 valence electrons. The van der Waals surface area contributed by atoms with Crippen LogP contribution in [0.2, 0.25) is 0 Å². The van der Waals surface area contributed by atoms with Crippen LogP contribution in [-0.2, 0) is 80.6 Å². The third-order valence-corrected chi connectivity index (χ3v) is 38.5. The molecule has 0 spiro atoms. The number of halogens is 11. The van der Waals surface area contributed by atoms with Gasteiger partial charge in [-0.05, 0) is 170 Å². The highest BCUT2D eigenvalue weighted by molar-refractivity contribution is 9.10. The second-order valence-corrected chi connectivity index (χ2v) is 48.0. The lowest BCUT2D eigenvalue weighted by atomic mass is 10.0. The number of sulfonamides is 4. The predicted octanol–water partition coefficient (Wildman–Crippen LogP) is 12.3. The molecule has 7 saturated heterocycles. The van der Waals surface area contributed by atoms with Gasteiger partial charge in [-0.1, -0.05) is 121 Å². The zero-order chi connectivity index (χ0) is 96.6. The number of benzene rings is 8. The number of fused-ring (bicyclic) bond motifs is 3. The Balaban J connectivity index is 0.000000130. The summed E-state index contributed by atoms with van der Waals surface area (Å²) in [5.41, 5.74) is 3.52. The smallest absolute Gasteiger partial charge is 0.264 e. The van der Waals surface area contributed by atoms with Crippen LogP contribution in [-0.4, -0.2) is 169 Å². The molecule has 3 N–H and O–H groups in total. The van der Waals surface area contributed by atoms with Crippen LogP contribution >= 0.6 is 31.9 Å². The third-order valence-electron chi connectivity index (χ3n) is 27.7. The minimum Gasteiger partial charge on any atom is -1.00 e. The molecular formula is C94H105Br2ClF8N16O11S5. The first-order valence-corrected chi connectivity index (χ1v) is 54.4. The average molecular weight is 2140 g/mol. The van der Waals surface area contributed by atoms with E-state index in [0.29, 0.717) is 107 Å². The Morgan fingerprint density at radius 2 is 0.664 bits per heavy atom. The van der Waals surface area contributed by atoms with E-state index in [9.17, 15) is 59.7 Å². The highest BCUT2D eigenvalue weighted by Gasteiger charge is 2.60. The van der Waals surface area contributed by atoms with Gasteiger partial charge in [0, 0.05) is 152 Å². The van der Waals surface area contributed by atoms with E-state index in [2.05, 4.69) is 81.2 Å². The van der Waals surface area contributed by atoms with E-state index < -0.39 is 119 Å². The van der Waals surface area contributed by atoms with Crippen LogP contribution in [0.3, 0.4) is 0 Å². The molecule has 43 heteroatoms. The number of quaternary nitrogens is 1. The van der Waals surface area contributed by atoms with Gasteiger partial charge in [0.15, 0.2) is 0 Å². The SMILES string of the molecule is CS(=O)(=O)OCc1cc(F)c(Br)cc1F.C[C@H]1CCC(c2ccccc2)S(=O)(=O)N1.C[C@H]1CCC(c2ccccc2)S(=O)(=O)N1Cc1cc(F)c(Br)cc1F.C[C@H]1CCC(c2ccccc2)S(=O)(=O)N1Cc1cc(F)c(N2C[C@@H]3C(n4cnnc4)[C@@H]3C2)cc1F.C[C@H]1CC[C@H](c2ccccc2)S(=O)(=O)N1Cc1cc(F)c(N2C[C@@H]3C(n4cnnc4)[C@@H]3C2)cc1F.[Cl-].c1nncn1C1[C@H]2C[NH2+]C[C@@H]12. The minimum atomic E-state index is -3.73. The van der Waals surface area contributed by atoms with Gasteiger partial charge in [-0.3, -0.25) is 4.18 Å². The van der Waals surface area contributed by atoms with Crippen LogP contribution in [0.4, 0.5) is 46.5 Å². The first kappa shape index (κ1) is 102. The number of anilines is 2. The Morgan fingerprint density at radius 3 is 0.985 bits per heavy atom. The predicted molar refractivity (Wildman–Crippen MR) is 502 cm³/mol. The number of hydrogen-bond donors (Lipinski definition) is 2. The molecule has 3 aliphatic carbocycles. The molecule has 10 fully saturated rings. The van der Waals surface area contributed by atoms with Crippen molar-refractivity contribution in [1.29, 1.82) is 0 Å². The van der Waals surface area contributed by atoms with E-state index in [4.69, 9.17) is 0 Å². The molecule has 11 aromatic rings. The first-order valence-electron chi connectivity index (χ1n) is 45.0. The lowest BCUT2D eigenvalue weighted by Crippen LogP contribution is -3.00. The monoisotopic (exact) mass is 2140 g/mol. The quantitative estimate of drug-likeness (QED) is 0.0458. The fourth-order valence-corrected chi connectivity index (χ4v) is 29.6. The van der Waals surface area contributed by atoms with Crippen molar-refractivity contribution in [2.75, 3.05) is 55.3 Å². The van der Waals surface area contributed by atoms with Crippen molar-refractivity contribution in [2.45, 2.75) is 169 Å². The normalized spacial score (nSPS) is 27.3. The summed E-state index contributed by atoms with van der Waals surface area (Å²) >= 11 is 5.73. The highest BCUT2D eigenvalue weighted by Crippen LogP contribution is 2.58. The van der Waals surface area contributed by atoms with Crippen molar-refractivity contribution in [1.82, 2.24) is 61.9 Å². The molecule has 3 saturated carbocycles. The van der Waals surface area contributed by atoms with Crippen molar-refractivity contribution in [3.63, 3.8) is 0 Å². The molecule has 0 bridgehead atoms. The van der Waals surface area contributed by atoms with Crippen molar-refractivity contribution in [3.05, 3.63) is 308 Å². The molecule has 17 atom stereocenters. The van der Waals surface area contributed by atoms with Gasteiger partial charge < -0.3 is 41.2 Å². The van der Waals surface area contributed by atoms with Crippen LogP contribution in [0.15, 0.2) is 217 Å². The van der Waals surface area contributed by atoms with Gasteiger partial charge >= 0.3 is 0 Å². The Kier molecular flexibility index (Phi) is 32.0. The Morgan fingerprint density at radius 1 is 0.380 bits per heavy atom. The number of nitrogens with one attached hydrogen (secondary N) is 1. The van der Waals surface area contributed by atoms with E-state index >= 15 is 17.6 Å². The molecule has 3 aromatic heterocycles. The fraction of sp³-hybridized carbons (Fsp3) is 0.426. The summed E-state index contributed by atoms with van der Waals surface area (Å²) in [6.45, 7) is 11.4. The number of aromatic nitrogens is 9. The van der Waals surface area contributed by atoms with Crippen LogP contribution in [0.1, 0.15) is 163 Å². The summed E-state index contributed by atoms with van der Waals surface area (Å²) in [7, 11) is -18.0. The summed E-state index contributed by atoms with van der Waals surface area (Å²) in [4.78, 5) is 3.76. The number of nitrogens with two attached hydrogens (primary N) is 1. The number of piperidine rings is 3. The highest BCUT2D eigenvalue weighted by atomic mass is 79.9. The largest absolute Gasteiger partial charge is 1.00 e. The lowest BCUT2D eigenvalue weighted by molar-refractivity contribution is -0.645. The molecule has 27 nitrogen and oxygen atoms in total. The summed E-state index contributed by atoms with van der Waals surface area (Å²) in [5, 5.41) is 23.0.